The van der Waals surface area contributed by atoms with Gasteiger partial charge in [-0.3, -0.25) is 14.6 Å². The van der Waals surface area contributed by atoms with Crippen LogP contribution in [0.1, 0.15) is 47.7 Å². The van der Waals surface area contributed by atoms with Gasteiger partial charge in [-0.1, -0.05) is 13.0 Å². The van der Waals surface area contributed by atoms with Crippen molar-refractivity contribution in [3.63, 3.8) is 0 Å². The van der Waals surface area contributed by atoms with E-state index in [-0.39, 0.29) is 53.9 Å². The van der Waals surface area contributed by atoms with Gasteiger partial charge in [0.05, 0.1) is 0 Å². The molecule has 0 radical (unpaired) electrons. The predicted octanol–water partition coefficient (Wildman–Crippen LogP) is 4.14. The molecule has 2 heterocycles. The lowest BCUT2D eigenvalue weighted by Gasteiger charge is -2.41. The predicted molar refractivity (Wildman–Crippen MR) is 153 cm³/mol. The van der Waals surface area contributed by atoms with Gasteiger partial charge in [0.15, 0.2) is 6.17 Å². The molecule has 1 aromatic heterocycles. The summed E-state index contributed by atoms with van der Waals surface area (Å²) in [7, 11) is 0. The topological polar surface area (TPSA) is 114 Å². The number of aromatic nitrogens is 1. The number of primary amides is 1. The molecule has 2 amide bonds. The van der Waals surface area contributed by atoms with Crippen molar-refractivity contribution < 1.29 is 22.8 Å². The van der Waals surface area contributed by atoms with Crippen LogP contribution in [0.25, 0.3) is 5.57 Å². The monoisotopic (exact) mass is 597 g/mol. The Bertz CT molecular complexity index is 1340. The number of halogens is 5. The van der Waals surface area contributed by atoms with E-state index in [2.05, 4.69) is 10.3 Å². The largest absolute Gasteiger partial charge is 0.369 e. The van der Waals surface area contributed by atoms with E-state index in [0.717, 1.165) is 43.5 Å². The van der Waals surface area contributed by atoms with E-state index in [9.17, 15) is 9.59 Å². The van der Waals surface area contributed by atoms with Crippen molar-refractivity contribution in [1.29, 1.82) is 0 Å². The number of allylic oxidation sites excluding steroid dienone is 3. The molecule has 3 aliphatic rings. The first-order chi connectivity index (χ1) is 18.1. The number of nitrogens with two attached hydrogens (primary N) is 2. The number of alkyl halides is 1. The first-order valence-corrected chi connectivity index (χ1v) is 12.7. The zero-order valence-electron chi connectivity index (χ0n) is 21.8. The third kappa shape index (κ3) is 5.70. The molecule has 1 aromatic carbocycles. The number of carbonyl (C=O) groups excluding carboxylic acids is 2. The molecular formula is C28H32Cl2F3N5O2. The Hall–Kier alpha value is -3.08. The van der Waals surface area contributed by atoms with Crippen molar-refractivity contribution in [1.82, 2.24) is 10.3 Å². The zero-order chi connectivity index (χ0) is 27.2. The lowest BCUT2D eigenvalue weighted by molar-refractivity contribution is -0.123. The van der Waals surface area contributed by atoms with E-state index < -0.39 is 46.2 Å². The minimum Gasteiger partial charge on any atom is -0.369 e. The number of carbonyl (C=O) groups is 2. The third-order valence-corrected chi connectivity index (χ3v) is 7.52. The van der Waals surface area contributed by atoms with Crippen LogP contribution in [-0.4, -0.2) is 48.1 Å². The Labute approximate surface area is 243 Å². The van der Waals surface area contributed by atoms with Crippen LogP contribution in [0.5, 0.6) is 0 Å². The highest BCUT2D eigenvalue weighted by Crippen LogP contribution is 2.47. The highest BCUT2D eigenvalue weighted by Gasteiger charge is 2.52. The van der Waals surface area contributed by atoms with Gasteiger partial charge in [0.1, 0.15) is 17.1 Å². The van der Waals surface area contributed by atoms with Crippen molar-refractivity contribution in [3.05, 3.63) is 77.1 Å². The van der Waals surface area contributed by atoms with Crippen LogP contribution in [0.3, 0.4) is 0 Å². The van der Waals surface area contributed by atoms with Gasteiger partial charge < -0.3 is 21.7 Å². The highest BCUT2D eigenvalue weighted by molar-refractivity contribution is 5.99. The summed E-state index contributed by atoms with van der Waals surface area (Å²) in [5.74, 6) is -3.32. The third-order valence-electron chi connectivity index (χ3n) is 7.52. The molecule has 2 fully saturated rings. The van der Waals surface area contributed by atoms with Crippen molar-refractivity contribution in [2.45, 2.75) is 49.9 Å². The maximum Gasteiger partial charge on any atom is 0.251 e. The summed E-state index contributed by atoms with van der Waals surface area (Å²) in [5, 5.41) is 2.78. The molecule has 0 spiro atoms. The minimum absolute atomic E-state index is 0. The molecular weight excluding hydrogens is 566 g/mol. The molecule has 1 aliphatic heterocycles. The van der Waals surface area contributed by atoms with Gasteiger partial charge in [-0.15, -0.1) is 24.8 Å². The van der Waals surface area contributed by atoms with Gasteiger partial charge in [0.2, 0.25) is 5.91 Å². The van der Waals surface area contributed by atoms with Gasteiger partial charge >= 0.3 is 0 Å². The average Bonchev–Trinajstić information content (AvgIpc) is 3.69. The molecule has 4 atom stereocenters. The Morgan fingerprint density at radius 1 is 1.15 bits per heavy atom. The number of hydrogen-bond acceptors (Lipinski definition) is 5. The number of rotatable bonds is 6. The Morgan fingerprint density at radius 2 is 1.88 bits per heavy atom. The number of anilines is 1. The van der Waals surface area contributed by atoms with Gasteiger partial charge in [0.25, 0.3) is 5.91 Å². The molecule has 5 rings (SSSR count). The van der Waals surface area contributed by atoms with Crippen LogP contribution < -0.4 is 21.7 Å². The van der Waals surface area contributed by atoms with Crippen molar-refractivity contribution in [2.24, 2.45) is 17.4 Å². The molecule has 216 valence electrons. The fourth-order valence-electron chi connectivity index (χ4n) is 5.51. The molecule has 40 heavy (non-hydrogen) atoms. The molecule has 2 unspecified atom stereocenters. The second-order valence-electron chi connectivity index (χ2n) is 10.5. The summed E-state index contributed by atoms with van der Waals surface area (Å²) >= 11 is 0. The highest BCUT2D eigenvalue weighted by atomic mass is 35.5. The molecule has 2 aliphatic carbocycles. The number of hydrogen-bond donors (Lipinski definition) is 3. The second-order valence-corrected chi connectivity index (χ2v) is 10.5. The molecule has 7 nitrogen and oxygen atoms in total. The summed E-state index contributed by atoms with van der Waals surface area (Å²) in [6.45, 7) is 3.10. The van der Waals surface area contributed by atoms with E-state index in [0.29, 0.717) is 18.8 Å². The Morgan fingerprint density at radius 3 is 2.52 bits per heavy atom. The van der Waals surface area contributed by atoms with Crippen molar-refractivity contribution >= 4 is 47.9 Å². The Balaban J connectivity index is 0.00000220. The molecule has 0 bridgehead atoms. The summed E-state index contributed by atoms with van der Waals surface area (Å²) in [6, 6.07) is 4.88. The zero-order valence-corrected chi connectivity index (χ0v) is 23.4. The Kier molecular flexibility index (Phi) is 9.59. The van der Waals surface area contributed by atoms with E-state index in [1.54, 1.807) is 6.07 Å². The van der Waals surface area contributed by atoms with Crippen LogP contribution >= 0.6 is 24.8 Å². The quantitative estimate of drug-likeness (QED) is 0.463. The summed E-state index contributed by atoms with van der Waals surface area (Å²) < 4.78 is 47.1. The molecule has 1 saturated carbocycles. The normalized spacial score (nSPS) is 26.0. The smallest absolute Gasteiger partial charge is 0.251 e. The van der Waals surface area contributed by atoms with Crippen LogP contribution in [0, 0.1) is 11.7 Å². The standard InChI is InChI=1S/C28H30F3N5O2.2ClH/c1-15-10-17(32)14-36(13-15)23-7-9-34-12-20(23)28(27(33)38)8-6-22(30)24(25(28)31)19-11-16(2-5-21(19)29)26(37)35-18-3-4-18;;/h2,5-9,11-12,15,17-18,25H,3-4,10,13-14,32H2,1H3,(H2,33,38)(H,35,37);2*1H/t15-,17+,25?,28?;;/m1../s1. The van der Waals surface area contributed by atoms with Crippen molar-refractivity contribution in [2.75, 3.05) is 18.0 Å². The second kappa shape index (κ2) is 12.2. The van der Waals surface area contributed by atoms with E-state index >= 15 is 13.2 Å². The molecule has 5 N–H and O–H groups in total. The fourth-order valence-corrected chi connectivity index (χ4v) is 5.51. The van der Waals surface area contributed by atoms with Crippen LogP contribution in [0.4, 0.5) is 18.9 Å². The number of nitrogens with zero attached hydrogens (tertiary/aromatic N) is 2. The van der Waals surface area contributed by atoms with Gasteiger partial charge in [-0.25, -0.2) is 13.2 Å². The van der Waals surface area contributed by atoms with Crippen LogP contribution in [0.15, 0.2) is 54.6 Å². The maximum atomic E-state index is 16.7. The number of amides is 2. The van der Waals surface area contributed by atoms with Gasteiger partial charge in [0, 0.05) is 65.5 Å². The van der Waals surface area contributed by atoms with Gasteiger partial charge in [-0.2, -0.15) is 0 Å². The lowest BCUT2D eigenvalue weighted by Crippen LogP contribution is -2.51. The molecule has 1 saturated heterocycles. The summed E-state index contributed by atoms with van der Waals surface area (Å²) in [4.78, 5) is 31.7. The van der Waals surface area contributed by atoms with E-state index in [1.165, 1.54) is 18.5 Å². The summed E-state index contributed by atoms with van der Waals surface area (Å²) in [6.07, 6.45) is 4.93. The van der Waals surface area contributed by atoms with Crippen molar-refractivity contribution in [3.8, 4) is 0 Å². The lowest BCUT2D eigenvalue weighted by atomic mass is 9.69. The number of pyridine rings is 1. The first kappa shape index (κ1) is 31.4. The number of benzene rings is 1. The SMILES string of the molecule is C[C@@H]1C[C@H](N)CN(c2ccncc2C2(C(N)=O)C=CC(F)=C(c3cc(C(=O)NC4CC4)ccc3F)C2F)C1.Cl.Cl. The van der Waals surface area contributed by atoms with E-state index in [4.69, 9.17) is 11.5 Å². The fraction of sp³-hybridized carbons (Fsp3) is 0.393. The number of nitrogens with one attached hydrogen (secondary N) is 1. The van der Waals surface area contributed by atoms with Crippen LogP contribution in [0.2, 0.25) is 0 Å². The summed E-state index contributed by atoms with van der Waals surface area (Å²) in [5.41, 5.74) is 9.43. The molecule has 2 aromatic rings. The number of piperidine rings is 1. The van der Waals surface area contributed by atoms with E-state index in [1.807, 2.05) is 11.8 Å². The first-order valence-electron chi connectivity index (χ1n) is 12.7. The maximum absolute atomic E-state index is 16.7. The van der Waals surface area contributed by atoms with Gasteiger partial charge in [-0.05, 0) is 55.5 Å². The average molecular weight is 598 g/mol. The minimum atomic E-state index is -2.40. The molecule has 12 heteroatoms. The van der Waals surface area contributed by atoms with Crippen LogP contribution in [-0.2, 0) is 10.2 Å².